The van der Waals surface area contributed by atoms with Gasteiger partial charge >= 0.3 is 0 Å². The molecule has 2 rings (SSSR count). The van der Waals surface area contributed by atoms with Crippen molar-refractivity contribution < 1.29 is 4.74 Å². The van der Waals surface area contributed by atoms with Gasteiger partial charge in [-0.05, 0) is 29.5 Å². The normalized spacial score (nSPS) is 14.5. The van der Waals surface area contributed by atoms with Crippen molar-refractivity contribution in [3.63, 3.8) is 0 Å². The lowest BCUT2D eigenvalue weighted by atomic mass is 10.1. The molecule has 0 unspecified atom stereocenters. The Labute approximate surface area is 103 Å². The highest BCUT2D eigenvalue weighted by Crippen LogP contribution is 2.11. The van der Waals surface area contributed by atoms with Gasteiger partial charge in [-0.1, -0.05) is 55.1 Å². The lowest BCUT2D eigenvalue weighted by Crippen LogP contribution is -1.99. The molecule has 1 heteroatoms. The Morgan fingerprint density at radius 2 is 1.94 bits per heavy atom. The van der Waals surface area contributed by atoms with Gasteiger partial charge in [-0.3, -0.25) is 0 Å². The van der Waals surface area contributed by atoms with E-state index < -0.39 is 0 Å². The quantitative estimate of drug-likeness (QED) is 0.733. The summed E-state index contributed by atoms with van der Waals surface area (Å²) in [4.78, 5) is 0. The molecule has 1 nitrogen and oxygen atoms in total. The van der Waals surface area contributed by atoms with Crippen molar-refractivity contribution >= 4 is 6.08 Å². The first kappa shape index (κ1) is 11.9. The van der Waals surface area contributed by atoms with E-state index in [1.165, 1.54) is 11.1 Å². The van der Waals surface area contributed by atoms with Crippen LogP contribution < -0.4 is 0 Å². The number of benzene rings is 1. The summed E-state index contributed by atoms with van der Waals surface area (Å²) in [5.41, 5.74) is 3.64. The van der Waals surface area contributed by atoms with Crippen molar-refractivity contribution in [2.45, 2.75) is 19.4 Å². The fourth-order valence-electron chi connectivity index (χ4n) is 1.81. The summed E-state index contributed by atoms with van der Waals surface area (Å²) >= 11 is 0. The first-order valence-corrected chi connectivity index (χ1v) is 6.03. The van der Waals surface area contributed by atoms with E-state index in [1.54, 1.807) is 0 Å². The third kappa shape index (κ3) is 3.72. The molecule has 17 heavy (non-hydrogen) atoms. The average molecular weight is 226 g/mol. The molecule has 0 bridgehead atoms. The second kappa shape index (κ2) is 6.21. The summed E-state index contributed by atoms with van der Waals surface area (Å²) in [7, 11) is 0. The van der Waals surface area contributed by atoms with Gasteiger partial charge in [-0.15, -0.1) is 0 Å². The fourth-order valence-corrected chi connectivity index (χ4v) is 1.81. The molecule has 0 N–H and O–H groups in total. The molecule has 0 radical (unpaired) electrons. The highest BCUT2D eigenvalue weighted by atomic mass is 16.5. The third-order valence-corrected chi connectivity index (χ3v) is 2.82. The van der Waals surface area contributed by atoms with Crippen LogP contribution in [-0.4, -0.2) is 6.61 Å². The van der Waals surface area contributed by atoms with Gasteiger partial charge in [-0.2, -0.15) is 0 Å². The molecule has 0 aliphatic heterocycles. The van der Waals surface area contributed by atoms with Gasteiger partial charge in [0.25, 0.3) is 0 Å². The fraction of sp³-hybridized carbons (Fsp3) is 0.250. The van der Waals surface area contributed by atoms with Crippen LogP contribution in [0.1, 0.15) is 24.0 Å². The first-order valence-electron chi connectivity index (χ1n) is 6.03. The zero-order valence-electron chi connectivity index (χ0n) is 10.1. The second-order valence-corrected chi connectivity index (χ2v) is 4.20. The lowest BCUT2D eigenvalue weighted by Gasteiger charge is -2.08. The predicted octanol–water partition coefficient (Wildman–Crippen LogP) is 4.12. The van der Waals surface area contributed by atoms with E-state index in [0.29, 0.717) is 13.2 Å². The molecule has 1 aromatic rings. The van der Waals surface area contributed by atoms with Crippen molar-refractivity contribution in [1.82, 2.24) is 0 Å². The molecule has 1 aliphatic carbocycles. The zero-order valence-corrected chi connectivity index (χ0v) is 10.1. The summed E-state index contributed by atoms with van der Waals surface area (Å²) in [5.74, 6) is 0. The summed E-state index contributed by atoms with van der Waals surface area (Å²) in [6, 6.07) is 8.29. The van der Waals surface area contributed by atoms with Gasteiger partial charge in [0.2, 0.25) is 0 Å². The molecule has 1 aromatic carbocycles. The van der Waals surface area contributed by atoms with Crippen molar-refractivity contribution in [2.24, 2.45) is 0 Å². The molecular weight excluding hydrogens is 208 g/mol. The molecule has 0 amide bonds. The average Bonchev–Trinajstić information content (AvgIpc) is 2.41. The molecule has 0 spiro atoms. The molecule has 0 aromatic heterocycles. The third-order valence-electron chi connectivity index (χ3n) is 2.82. The molecule has 0 saturated carbocycles. The summed E-state index contributed by atoms with van der Waals surface area (Å²) in [5, 5.41) is 0. The molecular formula is C16H18O. The van der Waals surface area contributed by atoms with E-state index in [1.807, 2.05) is 6.08 Å². The maximum Gasteiger partial charge on any atom is 0.0721 e. The Kier molecular flexibility index (Phi) is 4.34. The van der Waals surface area contributed by atoms with Gasteiger partial charge in [0.15, 0.2) is 0 Å². The van der Waals surface area contributed by atoms with Crippen LogP contribution in [0.15, 0.2) is 54.6 Å². The minimum atomic E-state index is 0.669. The zero-order chi connectivity index (χ0) is 11.9. The number of rotatable bonds is 5. The summed E-state index contributed by atoms with van der Waals surface area (Å²) < 4.78 is 5.69. The highest BCUT2D eigenvalue weighted by Gasteiger charge is 1.98. The minimum absolute atomic E-state index is 0.669. The maximum atomic E-state index is 5.69. The Bertz CT molecular complexity index is 423. The Morgan fingerprint density at radius 3 is 2.59 bits per heavy atom. The van der Waals surface area contributed by atoms with Crippen LogP contribution in [-0.2, 0) is 11.3 Å². The number of allylic oxidation sites excluding steroid dienone is 2. The van der Waals surface area contributed by atoms with Crippen LogP contribution in [0.25, 0.3) is 6.08 Å². The number of hydrogen-bond acceptors (Lipinski definition) is 1. The Morgan fingerprint density at radius 1 is 1.12 bits per heavy atom. The molecule has 1 aliphatic rings. The Balaban J connectivity index is 1.79. The van der Waals surface area contributed by atoms with Crippen LogP contribution in [0.5, 0.6) is 0 Å². The summed E-state index contributed by atoms with van der Waals surface area (Å²) in [6.07, 6.45) is 10.8. The minimum Gasteiger partial charge on any atom is -0.372 e. The highest BCUT2D eigenvalue weighted by molar-refractivity contribution is 5.47. The van der Waals surface area contributed by atoms with Crippen LogP contribution in [0.3, 0.4) is 0 Å². The SMILES string of the molecule is C=Cc1ccc(COCC2=CCCC=C2)cc1. The van der Waals surface area contributed by atoms with Crippen LogP contribution in [0.4, 0.5) is 0 Å². The smallest absolute Gasteiger partial charge is 0.0721 e. The first-order chi connectivity index (χ1) is 8.38. The number of hydrogen-bond donors (Lipinski definition) is 0. The van der Waals surface area contributed by atoms with E-state index in [4.69, 9.17) is 4.74 Å². The van der Waals surface area contributed by atoms with Crippen molar-refractivity contribution in [3.8, 4) is 0 Å². The topological polar surface area (TPSA) is 9.23 Å². The van der Waals surface area contributed by atoms with E-state index in [-0.39, 0.29) is 0 Å². The van der Waals surface area contributed by atoms with Crippen LogP contribution >= 0.6 is 0 Å². The largest absolute Gasteiger partial charge is 0.372 e. The van der Waals surface area contributed by atoms with E-state index in [9.17, 15) is 0 Å². The maximum absolute atomic E-state index is 5.69. The van der Waals surface area contributed by atoms with Crippen molar-refractivity contribution in [3.05, 3.63) is 65.8 Å². The predicted molar refractivity (Wildman–Crippen MR) is 72.6 cm³/mol. The molecule has 0 saturated heterocycles. The monoisotopic (exact) mass is 226 g/mol. The van der Waals surface area contributed by atoms with Crippen LogP contribution in [0.2, 0.25) is 0 Å². The molecule has 0 fully saturated rings. The van der Waals surface area contributed by atoms with Crippen molar-refractivity contribution in [2.75, 3.05) is 6.61 Å². The van der Waals surface area contributed by atoms with E-state index >= 15 is 0 Å². The van der Waals surface area contributed by atoms with Crippen molar-refractivity contribution in [1.29, 1.82) is 0 Å². The molecule has 0 atom stereocenters. The number of ether oxygens (including phenoxy) is 1. The molecule has 88 valence electrons. The molecule has 0 heterocycles. The standard InChI is InChI=1S/C16H18O/c1-2-14-8-10-16(11-9-14)13-17-12-15-6-4-3-5-7-15/h2,4,6-11H,1,3,5,12-13H2. The Hall–Kier alpha value is -1.60. The second-order valence-electron chi connectivity index (χ2n) is 4.20. The van der Waals surface area contributed by atoms with Gasteiger partial charge in [-0.25, -0.2) is 0 Å². The van der Waals surface area contributed by atoms with E-state index in [0.717, 1.165) is 18.4 Å². The lowest BCUT2D eigenvalue weighted by molar-refractivity contribution is 0.144. The van der Waals surface area contributed by atoms with Gasteiger partial charge in [0.1, 0.15) is 0 Å². The van der Waals surface area contributed by atoms with Crippen LogP contribution in [0, 0.1) is 0 Å². The van der Waals surface area contributed by atoms with Gasteiger partial charge in [0, 0.05) is 0 Å². The van der Waals surface area contributed by atoms with Gasteiger partial charge < -0.3 is 4.74 Å². The summed E-state index contributed by atoms with van der Waals surface area (Å²) in [6.45, 7) is 5.11. The van der Waals surface area contributed by atoms with Gasteiger partial charge in [0.05, 0.1) is 13.2 Å². The van der Waals surface area contributed by atoms with E-state index in [2.05, 4.69) is 49.1 Å².